The van der Waals surface area contributed by atoms with Gasteiger partial charge in [0.25, 0.3) is 0 Å². The quantitative estimate of drug-likeness (QED) is 0.408. The maximum atomic E-state index is 13.4. The Morgan fingerprint density at radius 1 is 1.08 bits per heavy atom. The number of aromatic nitrogens is 6. The fourth-order valence-electron chi connectivity index (χ4n) is 4.86. The molecule has 1 saturated heterocycles. The van der Waals surface area contributed by atoms with Crippen molar-refractivity contribution in [2.24, 2.45) is 0 Å². The summed E-state index contributed by atoms with van der Waals surface area (Å²) in [7, 11) is 0. The number of benzene rings is 1. The molecule has 0 saturated carbocycles. The van der Waals surface area contributed by atoms with Gasteiger partial charge in [0, 0.05) is 32.0 Å². The zero-order chi connectivity index (χ0) is 25.9. The number of imidazole rings is 1. The van der Waals surface area contributed by atoms with Gasteiger partial charge >= 0.3 is 0 Å². The molecule has 1 fully saturated rings. The summed E-state index contributed by atoms with van der Waals surface area (Å²) in [4.78, 5) is 37.9. The van der Waals surface area contributed by atoms with Crippen LogP contribution in [0.25, 0.3) is 22.6 Å². The zero-order valence-electron chi connectivity index (χ0n) is 21.6. The second-order valence-corrected chi connectivity index (χ2v) is 9.46. The fourth-order valence-corrected chi connectivity index (χ4v) is 4.86. The molecule has 37 heavy (non-hydrogen) atoms. The monoisotopic (exact) mass is 500 g/mol. The molecule has 192 valence electrons. The molecule has 0 aliphatic carbocycles. The van der Waals surface area contributed by atoms with E-state index >= 15 is 0 Å². The van der Waals surface area contributed by atoms with Crippen LogP contribution in [0.2, 0.25) is 0 Å². The van der Waals surface area contributed by atoms with Crippen LogP contribution in [-0.2, 0) is 16.1 Å². The molecule has 0 bridgehead atoms. The molecule has 3 atom stereocenters. The third-order valence-corrected chi connectivity index (χ3v) is 6.55. The first-order chi connectivity index (χ1) is 17.9. The van der Waals surface area contributed by atoms with Gasteiger partial charge in [0.1, 0.15) is 18.0 Å². The highest BCUT2D eigenvalue weighted by atomic mass is 16.5. The van der Waals surface area contributed by atoms with Gasteiger partial charge in [-0.25, -0.2) is 24.9 Å². The van der Waals surface area contributed by atoms with Gasteiger partial charge in [-0.3, -0.25) is 4.79 Å². The van der Waals surface area contributed by atoms with Gasteiger partial charge in [0.2, 0.25) is 5.91 Å². The molecule has 3 aromatic heterocycles. The molecule has 1 aromatic carbocycles. The number of nitrogens with one attached hydrogen (secondary N) is 1. The van der Waals surface area contributed by atoms with Gasteiger partial charge in [0.15, 0.2) is 17.0 Å². The van der Waals surface area contributed by atoms with Crippen molar-refractivity contribution >= 4 is 22.9 Å². The first kappa shape index (κ1) is 24.8. The van der Waals surface area contributed by atoms with E-state index in [-0.39, 0.29) is 30.6 Å². The van der Waals surface area contributed by atoms with Crippen LogP contribution in [0.1, 0.15) is 44.6 Å². The summed E-state index contributed by atoms with van der Waals surface area (Å²) in [6, 6.07) is 9.67. The second kappa shape index (κ2) is 10.6. The van der Waals surface area contributed by atoms with Gasteiger partial charge < -0.3 is 19.5 Å². The van der Waals surface area contributed by atoms with E-state index < -0.39 is 0 Å². The van der Waals surface area contributed by atoms with E-state index in [1.165, 1.54) is 6.33 Å². The Morgan fingerprint density at radius 3 is 2.46 bits per heavy atom. The van der Waals surface area contributed by atoms with Crippen molar-refractivity contribution in [1.29, 1.82) is 0 Å². The molecule has 5 rings (SSSR count). The van der Waals surface area contributed by atoms with Crippen LogP contribution in [0.15, 0.2) is 49.1 Å². The molecule has 10 nitrogen and oxygen atoms in total. The van der Waals surface area contributed by atoms with Crippen LogP contribution < -0.4 is 5.32 Å². The number of anilines is 1. The maximum absolute atomic E-state index is 13.4. The number of amides is 1. The van der Waals surface area contributed by atoms with Gasteiger partial charge in [-0.2, -0.15) is 0 Å². The number of aryl methyl sites for hydroxylation is 2. The molecular weight excluding hydrogens is 468 g/mol. The van der Waals surface area contributed by atoms with E-state index in [1.807, 2.05) is 67.5 Å². The highest BCUT2D eigenvalue weighted by Crippen LogP contribution is 2.30. The van der Waals surface area contributed by atoms with E-state index in [4.69, 9.17) is 9.72 Å². The summed E-state index contributed by atoms with van der Waals surface area (Å²) in [5, 5.41) is 3.52. The standard InChI is InChI=1S/C27H32N8O2/c1-5-35-26(21-12-28-19(4)29-13-21)33-24-25(30-16-31-27(24)35)32-22(20-9-7-6-8-10-20)11-23(36)34-14-17(2)37-18(3)15-34/h6-10,12-13,16-18,22H,5,11,14-15H2,1-4H3,(H,30,31,32)/t17-,18+,22-/m0/s1. The molecule has 0 spiro atoms. The first-order valence-corrected chi connectivity index (χ1v) is 12.7. The van der Waals surface area contributed by atoms with Gasteiger partial charge in [-0.1, -0.05) is 30.3 Å². The molecule has 1 aliphatic rings. The lowest BCUT2D eigenvalue weighted by Gasteiger charge is -2.36. The molecule has 1 aliphatic heterocycles. The summed E-state index contributed by atoms with van der Waals surface area (Å²) in [5.41, 5.74) is 3.16. The van der Waals surface area contributed by atoms with E-state index in [0.29, 0.717) is 42.4 Å². The molecule has 10 heteroatoms. The third kappa shape index (κ3) is 5.29. The maximum Gasteiger partial charge on any atom is 0.225 e. The van der Waals surface area contributed by atoms with Crippen molar-refractivity contribution in [2.75, 3.05) is 18.4 Å². The number of nitrogens with zero attached hydrogens (tertiary/aromatic N) is 7. The predicted molar refractivity (Wildman–Crippen MR) is 141 cm³/mol. The lowest BCUT2D eigenvalue weighted by Crippen LogP contribution is -2.48. The average Bonchev–Trinajstić information content (AvgIpc) is 3.28. The lowest BCUT2D eigenvalue weighted by molar-refractivity contribution is -0.143. The highest BCUT2D eigenvalue weighted by molar-refractivity contribution is 5.87. The number of ether oxygens (including phenoxy) is 1. The summed E-state index contributed by atoms with van der Waals surface area (Å²) >= 11 is 0. The number of hydrogen-bond acceptors (Lipinski definition) is 8. The summed E-state index contributed by atoms with van der Waals surface area (Å²) in [6.07, 6.45) is 5.38. The molecule has 4 aromatic rings. The minimum atomic E-state index is -0.293. The third-order valence-electron chi connectivity index (χ3n) is 6.55. The predicted octanol–water partition coefficient (Wildman–Crippen LogP) is 3.79. The Morgan fingerprint density at radius 2 is 1.78 bits per heavy atom. The van der Waals surface area contributed by atoms with Crippen LogP contribution in [0.4, 0.5) is 5.82 Å². The fraction of sp³-hybridized carbons (Fsp3) is 0.407. The lowest BCUT2D eigenvalue weighted by atomic mass is 10.0. The van der Waals surface area contributed by atoms with Crippen molar-refractivity contribution in [3.05, 3.63) is 60.4 Å². The Kier molecular flexibility index (Phi) is 7.09. The smallest absolute Gasteiger partial charge is 0.225 e. The van der Waals surface area contributed by atoms with Crippen molar-refractivity contribution in [1.82, 2.24) is 34.4 Å². The number of hydrogen-bond donors (Lipinski definition) is 1. The number of morpholine rings is 1. The number of rotatable bonds is 7. The van der Waals surface area contributed by atoms with Gasteiger partial charge in [0.05, 0.1) is 30.2 Å². The van der Waals surface area contributed by atoms with Gasteiger partial charge in [-0.05, 0) is 33.3 Å². The minimum absolute atomic E-state index is 0.0134. The van der Waals surface area contributed by atoms with E-state index in [1.54, 1.807) is 12.4 Å². The summed E-state index contributed by atoms with van der Waals surface area (Å²) < 4.78 is 7.84. The first-order valence-electron chi connectivity index (χ1n) is 12.7. The van der Waals surface area contributed by atoms with Crippen molar-refractivity contribution in [3.8, 4) is 11.4 Å². The van der Waals surface area contributed by atoms with E-state index in [0.717, 1.165) is 17.0 Å². The molecule has 0 radical (unpaired) electrons. The average molecular weight is 501 g/mol. The van der Waals surface area contributed by atoms with Crippen LogP contribution in [-0.4, -0.2) is 65.6 Å². The van der Waals surface area contributed by atoms with Crippen LogP contribution in [0, 0.1) is 6.92 Å². The Balaban J connectivity index is 1.49. The Labute approximate surface area is 216 Å². The highest BCUT2D eigenvalue weighted by Gasteiger charge is 2.28. The van der Waals surface area contributed by atoms with Crippen molar-refractivity contribution < 1.29 is 9.53 Å². The SMILES string of the molecule is CCn1c(-c2cnc(C)nc2)nc2c(N[C@@H](CC(=O)N3C[C@@H](C)O[C@@H](C)C3)c3ccccc3)ncnc21. The van der Waals surface area contributed by atoms with Crippen molar-refractivity contribution in [3.63, 3.8) is 0 Å². The summed E-state index contributed by atoms with van der Waals surface area (Å²) in [6.45, 7) is 9.75. The van der Waals surface area contributed by atoms with Crippen LogP contribution in [0.5, 0.6) is 0 Å². The molecular formula is C27H32N8O2. The molecule has 4 heterocycles. The van der Waals surface area contributed by atoms with E-state index in [2.05, 4.69) is 25.3 Å². The molecule has 0 unspecified atom stereocenters. The largest absolute Gasteiger partial charge is 0.372 e. The number of fused-ring (bicyclic) bond motifs is 1. The van der Waals surface area contributed by atoms with Crippen LogP contribution >= 0.6 is 0 Å². The van der Waals surface area contributed by atoms with Crippen LogP contribution in [0.3, 0.4) is 0 Å². The minimum Gasteiger partial charge on any atom is -0.372 e. The second-order valence-electron chi connectivity index (χ2n) is 9.46. The topological polar surface area (TPSA) is 111 Å². The van der Waals surface area contributed by atoms with Crippen molar-refractivity contribution in [2.45, 2.75) is 58.9 Å². The number of carbonyl (C=O) groups excluding carboxylic acids is 1. The Hall–Kier alpha value is -3.92. The molecule has 1 amide bonds. The number of carbonyl (C=O) groups is 1. The normalized spacial score (nSPS) is 18.6. The summed E-state index contributed by atoms with van der Waals surface area (Å²) in [5.74, 6) is 2.08. The van der Waals surface area contributed by atoms with E-state index in [9.17, 15) is 4.79 Å². The Bertz CT molecular complexity index is 1360. The molecule has 1 N–H and O–H groups in total. The zero-order valence-corrected chi connectivity index (χ0v) is 21.6. The van der Waals surface area contributed by atoms with Gasteiger partial charge in [-0.15, -0.1) is 0 Å².